The first-order chi connectivity index (χ1) is 24.4. The molecule has 0 aliphatic carbocycles. The maximum Gasteiger partial charge on any atom is 0.472 e. The molecule has 0 saturated heterocycles. The summed E-state index contributed by atoms with van der Waals surface area (Å²) >= 11 is 0. The van der Waals surface area contributed by atoms with E-state index in [9.17, 15) is 14.3 Å². The molecule has 0 fully saturated rings. The Balaban J connectivity index is 4.22. The number of rotatable bonds is 38. The minimum absolute atomic E-state index is 0.0120. The Bertz CT molecular complexity index is 905. The Labute approximate surface area is 307 Å². The normalized spacial score (nSPS) is 14.0. The molecule has 0 aromatic rings. The van der Waals surface area contributed by atoms with Crippen molar-refractivity contribution in [3.63, 3.8) is 0 Å². The summed E-state index contributed by atoms with van der Waals surface area (Å²) in [6.45, 7) is 4.17. The second kappa shape index (κ2) is 38.5. The van der Waals surface area contributed by atoms with Crippen LogP contribution in [0.15, 0.2) is 48.8 Å². The molecule has 292 valence electrons. The predicted molar refractivity (Wildman–Crippen MR) is 210 cm³/mol. The molecule has 0 saturated carbocycles. The van der Waals surface area contributed by atoms with E-state index < -0.39 is 19.9 Å². The van der Waals surface area contributed by atoms with Gasteiger partial charge in [-0.25, -0.2) is 4.57 Å². The molecule has 0 aromatic carbocycles. The molecule has 1 unspecified atom stereocenters. The van der Waals surface area contributed by atoms with Crippen LogP contribution in [0.5, 0.6) is 0 Å². The summed E-state index contributed by atoms with van der Waals surface area (Å²) in [6, 6.07) is 0. The maximum atomic E-state index is 12.5. The van der Waals surface area contributed by atoms with Gasteiger partial charge >= 0.3 is 13.8 Å². The van der Waals surface area contributed by atoms with E-state index in [0.29, 0.717) is 6.42 Å². The number of carbonyl (C=O) groups is 1. The van der Waals surface area contributed by atoms with Gasteiger partial charge in [0.1, 0.15) is 6.61 Å². The molecule has 3 N–H and O–H groups in total. The van der Waals surface area contributed by atoms with E-state index in [1.807, 2.05) is 6.08 Å². The van der Waals surface area contributed by atoms with E-state index in [4.69, 9.17) is 24.3 Å². The summed E-state index contributed by atoms with van der Waals surface area (Å²) < 4.78 is 33.0. The van der Waals surface area contributed by atoms with Gasteiger partial charge in [0.15, 0.2) is 6.10 Å². The van der Waals surface area contributed by atoms with Gasteiger partial charge in [-0.15, -0.1) is 0 Å². The Morgan fingerprint density at radius 3 is 1.60 bits per heavy atom. The molecule has 0 bridgehead atoms. The summed E-state index contributed by atoms with van der Waals surface area (Å²) in [5.41, 5.74) is 5.35. The van der Waals surface area contributed by atoms with E-state index in [0.717, 1.165) is 32.1 Å². The van der Waals surface area contributed by atoms with Crippen LogP contribution in [0.4, 0.5) is 0 Å². The smallest absolute Gasteiger partial charge is 0.472 e. The van der Waals surface area contributed by atoms with Gasteiger partial charge in [-0.2, -0.15) is 0 Å². The van der Waals surface area contributed by atoms with Crippen molar-refractivity contribution < 1.29 is 32.8 Å². The Morgan fingerprint density at radius 1 is 0.620 bits per heavy atom. The summed E-state index contributed by atoms with van der Waals surface area (Å²) in [6.07, 6.45) is 45.1. The zero-order valence-corrected chi connectivity index (χ0v) is 33.0. The minimum atomic E-state index is -4.30. The number of allylic oxidation sites excluding steroid dienone is 7. The number of esters is 1. The molecule has 0 aliphatic heterocycles. The Kier molecular flexibility index (Phi) is 37.2. The first kappa shape index (κ1) is 48.3. The fraction of sp³-hybridized carbons (Fsp3) is 0.780. The molecular weight excluding hydrogens is 649 g/mol. The summed E-state index contributed by atoms with van der Waals surface area (Å²) in [7, 11) is -4.30. The second-order valence-corrected chi connectivity index (χ2v) is 14.7. The van der Waals surface area contributed by atoms with Crippen LogP contribution in [0.3, 0.4) is 0 Å². The number of phosphoric acid groups is 1. The highest BCUT2D eigenvalue weighted by atomic mass is 31.2. The van der Waals surface area contributed by atoms with Crippen molar-refractivity contribution in [2.45, 2.75) is 180 Å². The minimum Gasteiger partial charge on any atom is -0.498 e. The summed E-state index contributed by atoms with van der Waals surface area (Å²) in [5.74, 6) is -0.403. The van der Waals surface area contributed by atoms with Crippen molar-refractivity contribution in [3.8, 4) is 0 Å². The van der Waals surface area contributed by atoms with Gasteiger partial charge < -0.3 is 20.1 Å². The molecular formula is C41H76NO7P. The zero-order valence-electron chi connectivity index (χ0n) is 32.1. The molecule has 50 heavy (non-hydrogen) atoms. The molecule has 9 heteroatoms. The van der Waals surface area contributed by atoms with Crippen molar-refractivity contribution >= 4 is 13.8 Å². The van der Waals surface area contributed by atoms with E-state index in [2.05, 4.69) is 50.3 Å². The third kappa shape index (κ3) is 37.6. The predicted octanol–water partition coefficient (Wildman–Crippen LogP) is 12.0. The largest absolute Gasteiger partial charge is 0.498 e. The van der Waals surface area contributed by atoms with Crippen LogP contribution in [0.2, 0.25) is 0 Å². The molecule has 0 amide bonds. The topological polar surface area (TPSA) is 117 Å². The lowest BCUT2D eigenvalue weighted by atomic mass is 10.0. The lowest BCUT2D eigenvalue weighted by molar-refractivity contribution is -0.153. The number of carbonyl (C=O) groups excluding carboxylic acids is 1. The lowest BCUT2D eigenvalue weighted by Gasteiger charge is -2.19. The van der Waals surface area contributed by atoms with Gasteiger partial charge in [0, 0.05) is 13.0 Å². The van der Waals surface area contributed by atoms with Gasteiger partial charge in [0.05, 0.1) is 19.5 Å². The third-order valence-electron chi connectivity index (χ3n) is 8.31. The Hall–Kier alpha value is -1.70. The molecule has 0 heterocycles. The van der Waals surface area contributed by atoms with Gasteiger partial charge in [-0.05, 0) is 57.4 Å². The van der Waals surface area contributed by atoms with Crippen LogP contribution in [0.25, 0.3) is 0 Å². The van der Waals surface area contributed by atoms with Crippen LogP contribution in [0.1, 0.15) is 174 Å². The van der Waals surface area contributed by atoms with Crippen LogP contribution < -0.4 is 5.73 Å². The zero-order chi connectivity index (χ0) is 36.6. The Morgan fingerprint density at radius 2 is 1.08 bits per heavy atom. The van der Waals surface area contributed by atoms with Gasteiger partial charge in [-0.3, -0.25) is 13.8 Å². The molecule has 8 nitrogen and oxygen atoms in total. The monoisotopic (exact) mass is 726 g/mol. The number of hydrogen-bond donors (Lipinski definition) is 2. The van der Waals surface area contributed by atoms with Crippen molar-refractivity contribution in [2.24, 2.45) is 5.73 Å². The summed E-state index contributed by atoms with van der Waals surface area (Å²) in [5, 5.41) is 0. The highest BCUT2D eigenvalue weighted by molar-refractivity contribution is 7.47. The average Bonchev–Trinajstić information content (AvgIpc) is 3.10. The van der Waals surface area contributed by atoms with Gasteiger partial charge in [-0.1, -0.05) is 153 Å². The average molecular weight is 726 g/mol. The van der Waals surface area contributed by atoms with Crippen molar-refractivity contribution in [2.75, 3.05) is 26.4 Å². The third-order valence-corrected chi connectivity index (χ3v) is 9.30. The van der Waals surface area contributed by atoms with E-state index in [-0.39, 0.29) is 32.8 Å². The van der Waals surface area contributed by atoms with Crippen LogP contribution in [-0.2, 0) is 27.9 Å². The van der Waals surface area contributed by atoms with Crippen molar-refractivity contribution in [1.29, 1.82) is 0 Å². The molecule has 2 atom stereocenters. The lowest BCUT2D eigenvalue weighted by Crippen LogP contribution is -2.27. The standard InChI is InChI=1S/C41H76NO7P/c1-3-5-7-9-11-13-15-17-19-20-21-22-24-26-28-30-32-34-41(43)49-40(39-48-50(44,45)47-37-35-42)38-46-36-33-31-29-27-25-23-18-16-14-12-10-8-6-4-2/h17,19,21-22,26,28,33,36,40H,3-16,18,20,23-25,27,29-32,34-35,37-39,42H2,1-2H3,(H,44,45)/b19-17-,22-21-,28-26-,36-33-/t40-/m1/s1. The SMILES string of the molecule is CCCCCCCC/C=C\C/C=C\C/C=C\CCCC(=O)O[C@H](CO/C=C\CCCCCCCCCCCCCC)COP(=O)(O)OCCN. The quantitative estimate of drug-likeness (QED) is 0.0212. The maximum absolute atomic E-state index is 12.5. The molecule has 0 radical (unpaired) electrons. The van der Waals surface area contributed by atoms with Crippen LogP contribution in [-0.4, -0.2) is 43.3 Å². The van der Waals surface area contributed by atoms with Gasteiger partial charge in [0.2, 0.25) is 0 Å². The van der Waals surface area contributed by atoms with Crippen molar-refractivity contribution in [1.82, 2.24) is 0 Å². The fourth-order valence-corrected chi connectivity index (χ4v) is 6.10. The number of nitrogens with two attached hydrogens (primary N) is 1. The highest BCUT2D eigenvalue weighted by Crippen LogP contribution is 2.43. The second-order valence-electron chi connectivity index (χ2n) is 13.2. The van der Waals surface area contributed by atoms with Crippen LogP contribution in [0, 0.1) is 0 Å². The molecule has 0 aromatic heterocycles. The van der Waals surface area contributed by atoms with E-state index >= 15 is 0 Å². The molecule has 0 spiro atoms. The number of hydrogen-bond acceptors (Lipinski definition) is 7. The summed E-state index contributed by atoms with van der Waals surface area (Å²) in [4.78, 5) is 22.4. The number of unbranched alkanes of at least 4 members (excludes halogenated alkanes) is 19. The molecule has 0 aliphatic rings. The van der Waals surface area contributed by atoms with Crippen LogP contribution >= 0.6 is 7.82 Å². The van der Waals surface area contributed by atoms with E-state index in [1.54, 1.807) is 6.26 Å². The first-order valence-corrected chi connectivity index (χ1v) is 21.7. The highest BCUT2D eigenvalue weighted by Gasteiger charge is 2.25. The first-order valence-electron chi connectivity index (χ1n) is 20.2. The number of ether oxygens (including phenoxy) is 2. The van der Waals surface area contributed by atoms with Gasteiger partial charge in [0.25, 0.3) is 0 Å². The fourth-order valence-electron chi connectivity index (χ4n) is 5.33. The number of phosphoric ester groups is 1. The molecule has 0 rings (SSSR count). The van der Waals surface area contributed by atoms with E-state index in [1.165, 1.54) is 116 Å². The van der Waals surface area contributed by atoms with Crippen molar-refractivity contribution in [3.05, 3.63) is 48.8 Å².